The van der Waals surface area contributed by atoms with Crippen LogP contribution in [0.4, 0.5) is 20.6 Å². The molecule has 3 nitrogen and oxygen atoms in total. The molecule has 1 aliphatic rings. The number of rotatable bonds is 0. The number of nitrogens with one attached hydrogen (secondary N) is 1. The fourth-order valence-corrected chi connectivity index (χ4v) is 0.958. The van der Waals surface area contributed by atoms with Crippen LogP contribution in [0.25, 0.3) is 0 Å². The van der Waals surface area contributed by atoms with Crippen LogP contribution in [0, 0.1) is 5.82 Å². The van der Waals surface area contributed by atoms with Crippen LogP contribution in [0.1, 0.15) is 0 Å². The minimum absolute atomic E-state index is 0.374. The topological polar surface area (TPSA) is 43.2 Å². The molecule has 0 unspecified atom stereocenters. The molecule has 0 saturated carbocycles. The molecule has 11 heavy (non-hydrogen) atoms. The Morgan fingerprint density at radius 1 is 1.45 bits per heavy atom. The number of hydrogen-bond acceptors (Lipinski definition) is 1. The van der Waals surface area contributed by atoms with Crippen molar-refractivity contribution in [1.82, 2.24) is 5.32 Å². The number of anilines is 1. The second kappa shape index (κ2) is 1.95. The Hall–Kier alpha value is -1.58. The van der Waals surface area contributed by atoms with Crippen molar-refractivity contribution in [3.8, 4) is 0 Å². The molecule has 55 valence electrons. The Balaban J connectivity index is 2.51. The molecule has 0 aromatic heterocycles. The molecule has 0 saturated heterocycles. The van der Waals surface area contributed by atoms with Crippen molar-refractivity contribution in [1.29, 1.82) is 0 Å². The standard InChI is InChI=1S/C7H4FN2O/c8-4-1-2-5-6(3-4)10-7(11)9-5/h1-3H,(H,10,11). The minimum atomic E-state index is -0.439. The number of fused-ring (bicyclic) bond motifs is 1. The molecular weight excluding hydrogens is 147 g/mol. The second-order valence-corrected chi connectivity index (χ2v) is 2.20. The summed E-state index contributed by atoms with van der Waals surface area (Å²) < 4.78 is 12.5. The smallest absolute Gasteiger partial charge is 0.304 e. The van der Waals surface area contributed by atoms with E-state index in [-0.39, 0.29) is 5.82 Å². The number of urea groups is 1. The molecule has 0 bridgehead atoms. The van der Waals surface area contributed by atoms with Crippen molar-refractivity contribution >= 4 is 17.4 Å². The van der Waals surface area contributed by atoms with Crippen LogP contribution in [0.3, 0.4) is 0 Å². The summed E-state index contributed by atoms with van der Waals surface area (Å²) in [4.78, 5) is 10.6. The van der Waals surface area contributed by atoms with Gasteiger partial charge < -0.3 is 5.32 Å². The average molecular weight is 151 g/mol. The van der Waals surface area contributed by atoms with Crippen molar-refractivity contribution in [2.75, 3.05) is 5.32 Å². The van der Waals surface area contributed by atoms with Crippen LogP contribution in [0.15, 0.2) is 18.2 Å². The summed E-state index contributed by atoms with van der Waals surface area (Å²) in [5.74, 6) is -0.374. The number of carbonyl (C=O) groups is 1. The third-order valence-electron chi connectivity index (χ3n) is 1.42. The first-order valence-corrected chi connectivity index (χ1v) is 3.08. The molecule has 0 aliphatic carbocycles. The quantitative estimate of drug-likeness (QED) is 0.601. The molecule has 1 aliphatic heterocycles. The van der Waals surface area contributed by atoms with E-state index >= 15 is 0 Å². The molecule has 0 spiro atoms. The van der Waals surface area contributed by atoms with Gasteiger partial charge in [0.25, 0.3) is 0 Å². The lowest BCUT2D eigenvalue weighted by molar-refractivity contribution is 0.256. The van der Waals surface area contributed by atoms with Gasteiger partial charge >= 0.3 is 6.03 Å². The van der Waals surface area contributed by atoms with Crippen molar-refractivity contribution in [2.45, 2.75) is 0 Å². The highest BCUT2D eigenvalue weighted by atomic mass is 19.1. The number of benzene rings is 1. The first kappa shape index (κ1) is 6.15. The highest BCUT2D eigenvalue weighted by Crippen LogP contribution is 2.27. The highest BCUT2D eigenvalue weighted by molar-refractivity contribution is 6.01. The normalized spacial score (nSPS) is 13.7. The molecule has 1 aromatic rings. The maximum Gasteiger partial charge on any atom is 0.346 e. The van der Waals surface area contributed by atoms with Gasteiger partial charge in [-0.25, -0.2) is 9.18 Å². The predicted molar refractivity (Wildman–Crippen MR) is 37.2 cm³/mol. The summed E-state index contributed by atoms with van der Waals surface area (Å²) in [6.07, 6.45) is 0. The predicted octanol–water partition coefficient (Wildman–Crippen LogP) is 1.61. The van der Waals surface area contributed by atoms with Gasteiger partial charge in [0.1, 0.15) is 5.82 Å². The van der Waals surface area contributed by atoms with Gasteiger partial charge in [-0.3, -0.25) is 0 Å². The summed E-state index contributed by atoms with van der Waals surface area (Å²) in [6.45, 7) is 0. The Morgan fingerprint density at radius 3 is 3.09 bits per heavy atom. The van der Waals surface area contributed by atoms with E-state index in [1.54, 1.807) is 0 Å². The maximum absolute atomic E-state index is 12.5. The van der Waals surface area contributed by atoms with Crippen LogP contribution < -0.4 is 10.6 Å². The number of hydrogen-bond donors (Lipinski definition) is 1. The fraction of sp³-hybridized carbons (Fsp3) is 0. The lowest BCUT2D eigenvalue weighted by atomic mass is 10.3. The van der Waals surface area contributed by atoms with E-state index in [1.807, 2.05) is 0 Å². The van der Waals surface area contributed by atoms with Gasteiger partial charge in [0, 0.05) is 0 Å². The van der Waals surface area contributed by atoms with Crippen molar-refractivity contribution in [3.05, 3.63) is 24.0 Å². The van der Waals surface area contributed by atoms with Gasteiger partial charge in [0.05, 0.1) is 11.4 Å². The van der Waals surface area contributed by atoms with Crippen LogP contribution in [0.2, 0.25) is 0 Å². The van der Waals surface area contributed by atoms with Gasteiger partial charge in [-0.05, 0) is 18.2 Å². The van der Waals surface area contributed by atoms with Crippen LogP contribution in [-0.2, 0) is 0 Å². The van der Waals surface area contributed by atoms with Gasteiger partial charge in [0.2, 0.25) is 0 Å². The van der Waals surface area contributed by atoms with Crippen molar-refractivity contribution in [3.63, 3.8) is 0 Å². The number of carbonyl (C=O) groups excluding carboxylic acids is 1. The Kier molecular flexibility index (Phi) is 1.09. The van der Waals surface area contributed by atoms with E-state index in [9.17, 15) is 9.18 Å². The van der Waals surface area contributed by atoms with Gasteiger partial charge in [0.15, 0.2) is 0 Å². The maximum atomic E-state index is 12.5. The molecule has 1 radical (unpaired) electrons. The first-order valence-electron chi connectivity index (χ1n) is 3.08. The SMILES string of the molecule is O=C1[N]c2ccc(F)cc2N1. The van der Waals surface area contributed by atoms with Crippen LogP contribution in [0.5, 0.6) is 0 Å². The molecule has 1 N–H and O–H groups in total. The monoisotopic (exact) mass is 151 g/mol. The lowest BCUT2D eigenvalue weighted by Crippen LogP contribution is -2.08. The summed E-state index contributed by atoms with van der Waals surface area (Å²) >= 11 is 0. The molecule has 1 aromatic carbocycles. The Bertz CT molecular complexity index is 324. The van der Waals surface area contributed by atoms with Gasteiger partial charge in [-0.15, -0.1) is 0 Å². The zero-order valence-electron chi connectivity index (χ0n) is 5.47. The molecule has 2 amide bonds. The molecule has 1 heterocycles. The van der Waals surface area contributed by atoms with E-state index in [0.29, 0.717) is 11.4 Å². The zero-order chi connectivity index (χ0) is 7.84. The lowest BCUT2D eigenvalue weighted by Gasteiger charge is -1.93. The van der Waals surface area contributed by atoms with E-state index < -0.39 is 6.03 Å². The molecular formula is C7H4FN2O. The van der Waals surface area contributed by atoms with Crippen molar-refractivity contribution < 1.29 is 9.18 Å². The van der Waals surface area contributed by atoms with Crippen molar-refractivity contribution in [2.24, 2.45) is 0 Å². The molecule has 0 fully saturated rings. The van der Waals surface area contributed by atoms with Crippen LogP contribution >= 0.6 is 0 Å². The summed E-state index contributed by atoms with van der Waals surface area (Å²) in [6, 6.07) is 3.53. The van der Waals surface area contributed by atoms with E-state index in [1.165, 1.54) is 18.2 Å². The van der Waals surface area contributed by atoms with E-state index in [2.05, 4.69) is 10.6 Å². The summed E-state index contributed by atoms with van der Waals surface area (Å²) in [5.41, 5.74) is 0.936. The Labute approximate surface area is 62.2 Å². The average Bonchev–Trinajstić information content (AvgIpc) is 2.27. The fourth-order valence-electron chi connectivity index (χ4n) is 0.958. The number of amides is 2. The third kappa shape index (κ3) is 0.920. The van der Waals surface area contributed by atoms with E-state index in [4.69, 9.17) is 0 Å². The van der Waals surface area contributed by atoms with Crippen LogP contribution in [-0.4, -0.2) is 6.03 Å². The van der Waals surface area contributed by atoms with Gasteiger partial charge in [-0.2, -0.15) is 5.32 Å². The number of nitrogens with zero attached hydrogens (tertiary/aromatic N) is 1. The molecule has 0 atom stereocenters. The molecule has 4 heteroatoms. The largest absolute Gasteiger partial charge is 0.346 e. The summed E-state index contributed by atoms with van der Waals surface area (Å²) in [7, 11) is 0. The third-order valence-corrected chi connectivity index (χ3v) is 1.42. The molecule has 2 rings (SSSR count). The Morgan fingerprint density at radius 2 is 2.27 bits per heavy atom. The number of halogens is 1. The summed E-state index contributed by atoms with van der Waals surface area (Å²) in [5, 5.41) is 5.97. The van der Waals surface area contributed by atoms with E-state index in [0.717, 1.165) is 0 Å². The second-order valence-electron chi connectivity index (χ2n) is 2.20. The van der Waals surface area contributed by atoms with Gasteiger partial charge in [-0.1, -0.05) is 0 Å². The highest BCUT2D eigenvalue weighted by Gasteiger charge is 2.18. The minimum Gasteiger partial charge on any atom is -0.304 e. The first-order chi connectivity index (χ1) is 5.25. The zero-order valence-corrected chi connectivity index (χ0v) is 5.47.